The molecule has 0 bridgehead atoms. The van der Waals surface area contributed by atoms with Crippen LogP contribution in [0, 0.1) is 17.8 Å². The van der Waals surface area contributed by atoms with E-state index in [0.29, 0.717) is 17.8 Å². The highest BCUT2D eigenvalue weighted by Crippen LogP contribution is 2.31. The molecule has 0 heterocycles. The van der Waals surface area contributed by atoms with Crippen molar-refractivity contribution in [3.05, 3.63) is 0 Å². The second-order valence-corrected chi connectivity index (χ2v) is 4.39. The van der Waals surface area contributed by atoms with E-state index in [0.717, 1.165) is 12.1 Å². The van der Waals surface area contributed by atoms with Crippen molar-refractivity contribution in [2.24, 2.45) is 28.6 Å². The smallest absolute Gasteiger partial charge is 0.332 e. The topological polar surface area (TPSA) is 67.5 Å². The molecule has 3 atom stereocenters. The number of nitrogens with zero attached hydrogens (tertiary/aromatic N) is 1. The van der Waals surface area contributed by atoms with E-state index in [-0.39, 0.29) is 0 Å². The van der Waals surface area contributed by atoms with Gasteiger partial charge in [0, 0.05) is 5.71 Å². The number of primary amides is 1. The summed E-state index contributed by atoms with van der Waals surface area (Å²) in [4.78, 5) is 10.5. The summed E-state index contributed by atoms with van der Waals surface area (Å²) in [5, 5.41) is 4.06. The Morgan fingerprint density at radius 2 is 2.14 bits per heavy atom. The van der Waals surface area contributed by atoms with E-state index >= 15 is 0 Å². The molecule has 0 aliphatic heterocycles. The summed E-state index contributed by atoms with van der Waals surface area (Å²) in [6, 6.07) is -0.587. The average Bonchev–Trinajstić information content (AvgIpc) is 2.08. The third kappa shape index (κ3) is 2.72. The predicted molar refractivity (Wildman–Crippen MR) is 56.9 cm³/mol. The second kappa shape index (κ2) is 4.44. The van der Waals surface area contributed by atoms with Gasteiger partial charge in [-0.3, -0.25) is 0 Å². The molecule has 0 radical (unpaired) electrons. The lowest BCUT2D eigenvalue weighted by molar-refractivity contribution is 0.249. The van der Waals surface area contributed by atoms with Crippen LogP contribution in [0.3, 0.4) is 0 Å². The molecule has 1 rings (SSSR count). The van der Waals surface area contributed by atoms with E-state index < -0.39 is 6.03 Å². The van der Waals surface area contributed by atoms with E-state index in [2.05, 4.69) is 31.3 Å². The van der Waals surface area contributed by atoms with Gasteiger partial charge in [0.2, 0.25) is 0 Å². The lowest BCUT2D eigenvalue weighted by Crippen LogP contribution is -2.33. The second-order valence-electron chi connectivity index (χ2n) is 4.39. The summed E-state index contributed by atoms with van der Waals surface area (Å²) < 4.78 is 0. The van der Waals surface area contributed by atoms with Gasteiger partial charge >= 0.3 is 6.03 Å². The van der Waals surface area contributed by atoms with Gasteiger partial charge in [0.1, 0.15) is 0 Å². The molecule has 3 N–H and O–H groups in total. The molecule has 0 aromatic carbocycles. The maximum Gasteiger partial charge on any atom is 0.332 e. The van der Waals surface area contributed by atoms with E-state index in [1.807, 2.05) is 0 Å². The largest absolute Gasteiger partial charge is 0.350 e. The standard InChI is InChI=1S/C10H19N3O/c1-6-4-7(2)8(3)9(5-6)12-13-10(11)14/h6-8H,4-5H2,1-3H3,(H3,11,13,14)/b12-9-. The van der Waals surface area contributed by atoms with Crippen LogP contribution in [0.4, 0.5) is 4.79 Å². The zero-order valence-corrected chi connectivity index (χ0v) is 9.08. The molecule has 1 aliphatic rings. The zero-order valence-electron chi connectivity index (χ0n) is 9.08. The van der Waals surface area contributed by atoms with Gasteiger partial charge in [-0.25, -0.2) is 10.2 Å². The first kappa shape index (κ1) is 11.0. The minimum atomic E-state index is -0.587. The lowest BCUT2D eigenvalue weighted by atomic mass is 9.75. The van der Waals surface area contributed by atoms with Gasteiger partial charge in [0.25, 0.3) is 0 Å². The van der Waals surface area contributed by atoms with E-state index in [1.54, 1.807) is 0 Å². The SMILES string of the molecule is CC1C/C(=N/NC(N)=O)C(C)C(C)C1. The summed E-state index contributed by atoms with van der Waals surface area (Å²) in [5.41, 5.74) is 8.35. The Morgan fingerprint density at radius 1 is 1.50 bits per heavy atom. The van der Waals surface area contributed by atoms with Gasteiger partial charge in [0.05, 0.1) is 0 Å². The fourth-order valence-electron chi connectivity index (χ4n) is 2.07. The number of amides is 2. The minimum Gasteiger partial charge on any atom is -0.350 e. The van der Waals surface area contributed by atoms with Gasteiger partial charge in [0.15, 0.2) is 0 Å². The first-order valence-electron chi connectivity index (χ1n) is 5.12. The number of nitrogens with one attached hydrogen (secondary N) is 1. The number of urea groups is 1. The van der Waals surface area contributed by atoms with Crippen LogP contribution in [0.2, 0.25) is 0 Å². The van der Waals surface area contributed by atoms with Crippen LogP contribution in [0.1, 0.15) is 33.6 Å². The first-order chi connectivity index (χ1) is 6.50. The first-order valence-corrected chi connectivity index (χ1v) is 5.12. The third-order valence-electron chi connectivity index (χ3n) is 3.02. The molecule has 0 aromatic rings. The van der Waals surface area contributed by atoms with Crippen molar-refractivity contribution in [3.63, 3.8) is 0 Å². The Hall–Kier alpha value is -1.06. The fourth-order valence-corrected chi connectivity index (χ4v) is 2.07. The molecule has 3 unspecified atom stereocenters. The molecule has 4 nitrogen and oxygen atoms in total. The number of nitrogens with two attached hydrogens (primary N) is 1. The van der Waals surface area contributed by atoms with Crippen molar-refractivity contribution >= 4 is 11.7 Å². The lowest BCUT2D eigenvalue weighted by Gasteiger charge is -2.31. The Morgan fingerprint density at radius 3 is 2.71 bits per heavy atom. The van der Waals surface area contributed by atoms with Crippen molar-refractivity contribution in [1.29, 1.82) is 0 Å². The van der Waals surface area contributed by atoms with Crippen molar-refractivity contribution < 1.29 is 4.79 Å². The van der Waals surface area contributed by atoms with Crippen LogP contribution in [0.25, 0.3) is 0 Å². The highest BCUT2D eigenvalue weighted by atomic mass is 16.2. The van der Waals surface area contributed by atoms with Gasteiger partial charge in [-0.05, 0) is 30.6 Å². The van der Waals surface area contributed by atoms with Crippen LogP contribution >= 0.6 is 0 Å². The molecule has 14 heavy (non-hydrogen) atoms. The van der Waals surface area contributed by atoms with E-state index in [4.69, 9.17) is 5.73 Å². The van der Waals surface area contributed by atoms with Crippen molar-refractivity contribution in [2.45, 2.75) is 33.6 Å². The fraction of sp³-hybridized carbons (Fsp3) is 0.800. The Labute approximate surface area is 84.9 Å². The van der Waals surface area contributed by atoms with Crippen LogP contribution < -0.4 is 11.2 Å². The number of hydrogen-bond acceptors (Lipinski definition) is 2. The number of carbonyl (C=O) groups is 1. The van der Waals surface area contributed by atoms with Crippen LogP contribution in [-0.2, 0) is 0 Å². The molecular formula is C10H19N3O. The molecule has 4 heteroatoms. The van der Waals surface area contributed by atoms with Gasteiger partial charge in [-0.1, -0.05) is 20.8 Å². The van der Waals surface area contributed by atoms with E-state index in [1.165, 1.54) is 6.42 Å². The Kier molecular flexibility index (Phi) is 3.49. The maximum atomic E-state index is 10.5. The molecule has 0 spiro atoms. The summed E-state index contributed by atoms with van der Waals surface area (Å²) in [5.74, 6) is 1.72. The highest BCUT2D eigenvalue weighted by molar-refractivity contribution is 5.88. The van der Waals surface area contributed by atoms with Gasteiger partial charge in [-0.2, -0.15) is 5.10 Å². The molecule has 1 fully saturated rings. The predicted octanol–water partition coefficient (Wildman–Crippen LogP) is 1.71. The Bertz CT molecular complexity index is 250. The normalized spacial score (nSPS) is 35.6. The van der Waals surface area contributed by atoms with Crippen LogP contribution in [0.5, 0.6) is 0 Å². The molecule has 2 amide bonds. The van der Waals surface area contributed by atoms with Crippen molar-refractivity contribution in [3.8, 4) is 0 Å². The van der Waals surface area contributed by atoms with Crippen molar-refractivity contribution in [2.75, 3.05) is 0 Å². The summed E-state index contributed by atoms with van der Waals surface area (Å²) >= 11 is 0. The number of carbonyl (C=O) groups excluding carboxylic acids is 1. The summed E-state index contributed by atoms with van der Waals surface area (Å²) in [6.45, 7) is 6.58. The number of hydrazone groups is 1. The van der Waals surface area contributed by atoms with E-state index in [9.17, 15) is 4.79 Å². The quantitative estimate of drug-likeness (QED) is 0.617. The monoisotopic (exact) mass is 197 g/mol. The molecule has 1 saturated carbocycles. The molecule has 1 aliphatic carbocycles. The maximum absolute atomic E-state index is 10.5. The number of hydrogen-bond donors (Lipinski definition) is 2. The summed E-state index contributed by atoms with van der Waals surface area (Å²) in [7, 11) is 0. The van der Waals surface area contributed by atoms with Gasteiger partial charge in [-0.15, -0.1) is 0 Å². The third-order valence-corrected chi connectivity index (χ3v) is 3.02. The molecule has 0 aromatic heterocycles. The molecular weight excluding hydrogens is 178 g/mol. The highest BCUT2D eigenvalue weighted by Gasteiger charge is 2.27. The Balaban J connectivity index is 2.65. The average molecular weight is 197 g/mol. The van der Waals surface area contributed by atoms with Crippen LogP contribution in [-0.4, -0.2) is 11.7 Å². The molecule has 0 saturated heterocycles. The van der Waals surface area contributed by atoms with Crippen molar-refractivity contribution in [1.82, 2.24) is 5.43 Å². The minimum absolute atomic E-state index is 0.443. The summed E-state index contributed by atoms with van der Waals surface area (Å²) in [6.07, 6.45) is 2.20. The zero-order chi connectivity index (χ0) is 10.7. The number of rotatable bonds is 1. The molecule has 80 valence electrons. The van der Waals surface area contributed by atoms with Gasteiger partial charge < -0.3 is 5.73 Å². The van der Waals surface area contributed by atoms with Crippen LogP contribution in [0.15, 0.2) is 5.10 Å².